The minimum absolute atomic E-state index is 0.113. The summed E-state index contributed by atoms with van der Waals surface area (Å²) < 4.78 is 7.10. The van der Waals surface area contributed by atoms with E-state index in [0.717, 1.165) is 28.1 Å². The maximum atomic E-state index is 5.92. The van der Waals surface area contributed by atoms with Gasteiger partial charge in [-0.25, -0.2) is 9.97 Å². The normalized spacial score (nSPS) is 11.3. The Morgan fingerprint density at radius 2 is 1.89 bits per heavy atom. The molecule has 0 fully saturated rings. The molecule has 5 rings (SSSR count). The number of aromatic nitrogens is 6. The summed E-state index contributed by atoms with van der Waals surface area (Å²) in [5.74, 6) is 1.61. The highest BCUT2D eigenvalue weighted by molar-refractivity contribution is 5.79. The molecule has 0 saturated heterocycles. The number of nitrogens with one attached hydrogen (secondary N) is 1. The van der Waals surface area contributed by atoms with Gasteiger partial charge in [0.05, 0.1) is 11.0 Å². The van der Waals surface area contributed by atoms with E-state index in [0.29, 0.717) is 17.5 Å². The minimum Gasteiger partial charge on any atom is -0.443 e. The Morgan fingerprint density at radius 3 is 2.81 bits per heavy atom. The largest absolute Gasteiger partial charge is 0.443 e. The topological polar surface area (TPSA) is 121 Å². The van der Waals surface area contributed by atoms with Gasteiger partial charge in [-0.1, -0.05) is 12.1 Å². The highest BCUT2D eigenvalue weighted by Crippen LogP contribution is 2.22. The molecule has 27 heavy (non-hydrogen) atoms. The second-order valence-corrected chi connectivity index (χ2v) is 5.96. The first-order valence-corrected chi connectivity index (χ1v) is 8.24. The Kier molecular flexibility index (Phi) is 3.26. The average molecular weight is 358 g/mol. The van der Waals surface area contributed by atoms with Crippen LogP contribution in [0.3, 0.4) is 0 Å². The second-order valence-electron chi connectivity index (χ2n) is 5.96. The number of fused-ring (bicyclic) bond motifs is 2. The molecule has 2 aromatic carbocycles. The predicted octanol–water partition coefficient (Wildman–Crippen LogP) is 2.99. The summed E-state index contributed by atoms with van der Waals surface area (Å²) in [6, 6.07) is 13.3. The van der Waals surface area contributed by atoms with Crippen LogP contribution in [-0.4, -0.2) is 29.5 Å². The van der Waals surface area contributed by atoms with Crippen LogP contribution in [0.2, 0.25) is 0 Å². The van der Waals surface area contributed by atoms with E-state index in [2.05, 4.69) is 30.2 Å². The van der Waals surface area contributed by atoms with Crippen LogP contribution in [-0.2, 0) is 0 Å². The lowest BCUT2D eigenvalue weighted by molar-refractivity contribution is 0.602. The van der Waals surface area contributed by atoms with Gasteiger partial charge in [0, 0.05) is 5.69 Å². The molecule has 0 aliphatic rings. The highest BCUT2D eigenvalue weighted by Gasteiger charge is 2.14. The Balaban J connectivity index is 1.59. The standard InChI is InChI=1S/C18H14N8O/c1-10-21-12-4-2-3-5-14(12)26(10)18-24-16(19)23-17(25-18)22-11-6-7-15-13(8-11)20-9-27-15/h2-9H,1H3,(H3,19,22,23,24,25). The molecule has 9 nitrogen and oxygen atoms in total. The van der Waals surface area contributed by atoms with Crippen LogP contribution in [0.15, 0.2) is 53.3 Å². The Labute approximate surface area is 152 Å². The van der Waals surface area contributed by atoms with Gasteiger partial charge in [0.15, 0.2) is 12.0 Å². The summed E-state index contributed by atoms with van der Waals surface area (Å²) in [7, 11) is 0. The number of anilines is 3. The molecule has 0 aliphatic carbocycles. The molecule has 0 aliphatic heterocycles. The van der Waals surface area contributed by atoms with Gasteiger partial charge in [0.1, 0.15) is 11.3 Å². The zero-order valence-corrected chi connectivity index (χ0v) is 14.3. The summed E-state index contributed by atoms with van der Waals surface area (Å²) in [5, 5.41) is 3.14. The van der Waals surface area contributed by atoms with Gasteiger partial charge in [-0.3, -0.25) is 4.57 Å². The van der Waals surface area contributed by atoms with Gasteiger partial charge in [-0.2, -0.15) is 15.0 Å². The van der Waals surface area contributed by atoms with E-state index in [1.165, 1.54) is 6.39 Å². The first kappa shape index (κ1) is 15.3. The molecule has 0 amide bonds. The molecule has 0 radical (unpaired) electrons. The monoisotopic (exact) mass is 358 g/mol. The molecule has 0 spiro atoms. The van der Waals surface area contributed by atoms with E-state index in [1.807, 2.05) is 54.0 Å². The van der Waals surface area contributed by atoms with Crippen molar-refractivity contribution in [3.05, 3.63) is 54.7 Å². The first-order valence-electron chi connectivity index (χ1n) is 8.24. The van der Waals surface area contributed by atoms with Crippen LogP contribution in [0.25, 0.3) is 28.1 Å². The van der Waals surface area contributed by atoms with Crippen molar-refractivity contribution in [2.24, 2.45) is 0 Å². The fraction of sp³-hybridized carbons (Fsp3) is 0.0556. The molecule has 9 heteroatoms. The van der Waals surface area contributed by atoms with Crippen molar-refractivity contribution in [1.29, 1.82) is 0 Å². The maximum Gasteiger partial charge on any atom is 0.242 e. The van der Waals surface area contributed by atoms with Crippen LogP contribution >= 0.6 is 0 Å². The maximum absolute atomic E-state index is 5.92. The molecule has 132 valence electrons. The zero-order valence-electron chi connectivity index (χ0n) is 14.3. The summed E-state index contributed by atoms with van der Waals surface area (Å²) in [5.41, 5.74) is 9.89. The van der Waals surface area contributed by atoms with Gasteiger partial charge < -0.3 is 15.5 Å². The molecule has 0 unspecified atom stereocenters. The van der Waals surface area contributed by atoms with Crippen molar-refractivity contribution in [2.75, 3.05) is 11.1 Å². The first-order chi connectivity index (χ1) is 13.2. The van der Waals surface area contributed by atoms with Gasteiger partial charge in [0.25, 0.3) is 0 Å². The predicted molar refractivity (Wildman–Crippen MR) is 101 cm³/mol. The molecule has 0 bridgehead atoms. The van der Waals surface area contributed by atoms with Gasteiger partial charge in [-0.15, -0.1) is 0 Å². The summed E-state index contributed by atoms with van der Waals surface area (Å²) in [4.78, 5) is 21.7. The number of para-hydroxylation sites is 2. The third-order valence-electron chi connectivity index (χ3n) is 4.16. The number of oxazole rings is 1. The fourth-order valence-corrected chi connectivity index (χ4v) is 3.00. The lowest BCUT2D eigenvalue weighted by atomic mass is 10.3. The SMILES string of the molecule is Cc1nc2ccccc2n1-c1nc(N)nc(Nc2ccc3ocnc3c2)n1. The van der Waals surface area contributed by atoms with Crippen molar-refractivity contribution >= 4 is 39.7 Å². The zero-order chi connectivity index (χ0) is 18.4. The third kappa shape index (κ3) is 2.61. The Morgan fingerprint density at radius 1 is 1.00 bits per heavy atom. The van der Waals surface area contributed by atoms with Crippen molar-refractivity contribution in [3.8, 4) is 5.95 Å². The number of rotatable bonds is 3. The van der Waals surface area contributed by atoms with Crippen LogP contribution in [0, 0.1) is 6.92 Å². The summed E-state index contributed by atoms with van der Waals surface area (Å²) in [6.07, 6.45) is 1.40. The van der Waals surface area contributed by atoms with Crippen molar-refractivity contribution in [1.82, 2.24) is 29.5 Å². The molecule has 0 atom stereocenters. The van der Waals surface area contributed by atoms with E-state index in [4.69, 9.17) is 10.2 Å². The van der Waals surface area contributed by atoms with Crippen molar-refractivity contribution < 1.29 is 4.42 Å². The fourth-order valence-electron chi connectivity index (χ4n) is 3.00. The molecule has 3 N–H and O–H groups in total. The number of nitrogens with two attached hydrogens (primary N) is 1. The van der Waals surface area contributed by atoms with Gasteiger partial charge >= 0.3 is 0 Å². The average Bonchev–Trinajstić information content (AvgIpc) is 3.23. The lowest BCUT2D eigenvalue weighted by Gasteiger charge is -2.09. The lowest BCUT2D eigenvalue weighted by Crippen LogP contribution is -2.10. The molecule has 3 aromatic heterocycles. The van der Waals surface area contributed by atoms with Crippen LogP contribution in [0.1, 0.15) is 5.82 Å². The minimum atomic E-state index is 0.113. The summed E-state index contributed by atoms with van der Waals surface area (Å²) >= 11 is 0. The molecule has 0 saturated carbocycles. The van der Waals surface area contributed by atoms with Crippen molar-refractivity contribution in [3.63, 3.8) is 0 Å². The molecule has 5 aromatic rings. The third-order valence-corrected chi connectivity index (χ3v) is 4.16. The number of nitrogens with zero attached hydrogens (tertiary/aromatic N) is 6. The molecular weight excluding hydrogens is 344 g/mol. The van der Waals surface area contributed by atoms with E-state index in [9.17, 15) is 0 Å². The van der Waals surface area contributed by atoms with Crippen molar-refractivity contribution in [2.45, 2.75) is 6.92 Å². The Bertz CT molecular complexity index is 1290. The van der Waals surface area contributed by atoms with Crippen LogP contribution < -0.4 is 11.1 Å². The smallest absolute Gasteiger partial charge is 0.242 e. The van der Waals surface area contributed by atoms with E-state index < -0.39 is 0 Å². The van der Waals surface area contributed by atoms with Gasteiger partial charge in [-0.05, 0) is 37.3 Å². The molecular formula is C18H14N8O. The number of hydrogen-bond acceptors (Lipinski definition) is 8. The summed E-state index contributed by atoms with van der Waals surface area (Å²) in [6.45, 7) is 1.89. The number of aryl methyl sites for hydroxylation is 1. The number of nitrogen functional groups attached to an aromatic ring is 1. The van der Waals surface area contributed by atoms with Gasteiger partial charge in [0.2, 0.25) is 17.8 Å². The highest BCUT2D eigenvalue weighted by atomic mass is 16.3. The van der Waals surface area contributed by atoms with E-state index >= 15 is 0 Å². The quantitative estimate of drug-likeness (QED) is 0.505. The second kappa shape index (κ2) is 5.77. The number of imidazole rings is 1. The van der Waals surface area contributed by atoms with E-state index in [-0.39, 0.29) is 5.95 Å². The molecule has 3 heterocycles. The number of hydrogen-bond donors (Lipinski definition) is 2. The van der Waals surface area contributed by atoms with Crippen LogP contribution in [0.4, 0.5) is 17.6 Å². The Hall–Kier alpha value is -4.01. The number of benzene rings is 2. The van der Waals surface area contributed by atoms with E-state index in [1.54, 1.807) is 0 Å². The van der Waals surface area contributed by atoms with Crippen LogP contribution in [0.5, 0.6) is 0 Å².